The highest BCUT2D eigenvalue weighted by molar-refractivity contribution is 5.65. The molecule has 5 nitrogen and oxygen atoms in total. The monoisotopic (exact) mass is 483 g/mol. The van der Waals surface area contributed by atoms with Gasteiger partial charge >= 0.3 is 0 Å². The number of anilines is 1. The number of piperidine rings is 1. The molecule has 0 bridgehead atoms. The van der Waals surface area contributed by atoms with Crippen LogP contribution in [0.15, 0.2) is 59.4 Å². The first-order chi connectivity index (χ1) is 17.5. The number of nitrogens with two attached hydrogens (primary N) is 1. The van der Waals surface area contributed by atoms with Crippen molar-refractivity contribution >= 4 is 5.82 Å². The van der Waals surface area contributed by atoms with E-state index in [1.54, 1.807) is 10.6 Å². The van der Waals surface area contributed by atoms with Crippen molar-refractivity contribution in [1.82, 2.24) is 4.57 Å². The van der Waals surface area contributed by atoms with Gasteiger partial charge in [0, 0.05) is 31.7 Å². The first kappa shape index (κ1) is 23.4. The second kappa shape index (κ2) is 9.11. The topological polar surface area (TPSA) is 71.5 Å². The highest BCUT2D eigenvalue weighted by Gasteiger charge is 2.47. The predicted octanol–water partition coefficient (Wildman–Crippen LogP) is 5.65. The third-order valence-corrected chi connectivity index (χ3v) is 9.37. The first-order valence-corrected chi connectivity index (χ1v) is 13.6. The molecule has 3 aliphatic rings. The van der Waals surface area contributed by atoms with Gasteiger partial charge in [-0.05, 0) is 83.9 Å². The molecule has 188 valence electrons. The van der Waals surface area contributed by atoms with Crippen molar-refractivity contribution < 1.29 is 5.11 Å². The Balaban J connectivity index is 1.19. The third kappa shape index (κ3) is 3.85. The maximum Gasteiger partial charge on any atom is 0.259 e. The van der Waals surface area contributed by atoms with Crippen molar-refractivity contribution in [2.24, 2.45) is 18.2 Å². The Labute approximate surface area is 213 Å². The number of rotatable bonds is 3. The van der Waals surface area contributed by atoms with Gasteiger partial charge in [-0.15, -0.1) is 0 Å². The van der Waals surface area contributed by atoms with Gasteiger partial charge < -0.3 is 15.7 Å². The van der Waals surface area contributed by atoms with E-state index in [9.17, 15) is 9.90 Å². The molecule has 5 heteroatoms. The molecule has 2 aliphatic carbocycles. The van der Waals surface area contributed by atoms with E-state index in [-0.39, 0.29) is 17.0 Å². The van der Waals surface area contributed by atoms with E-state index in [2.05, 4.69) is 41.3 Å². The van der Waals surface area contributed by atoms with Crippen LogP contribution in [-0.2, 0) is 13.5 Å². The lowest BCUT2D eigenvalue weighted by Gasteiger charge is -2.43. The minimum atomic E-state index is -0.0514. The number of aromatic hydroxyl groups is 1. The number of hydrogen-bond acceptors (Lipinski definition) is 4. The average Bonchev–Trinajstić information content (AvgIpc) is 3.19. The molecule has 1 spiro atoms. The summed E-state index contributed by atoms with van der Waals surface area (Å²) in [6.07, 6.45) is 9.30. The number of aromatic nitrogens is 1. The number of fused-ring (bicyclic) bond motifs is 1. The largest absolute Gasteiger partial charge is 0.508 e. The smallest absolute Gasteiger partial charge is 0.259 e. The second-order valence-corrected chi connectivity index (χ2v) is 11.3. The molecule has 36 heavy (non-hydrogen) atoms. The molecular weight excluding hydrogens is 446 g/mol. The van der Waals surface area contributed by atoms with Gasteiger partial charge in [-0.25, -0.2) is 0 Å². The Morgan fingerprint density at radius 3 is 2.36 bits per heavy atom. The number of benzene rings is 2. The number of hydrogen-bond donors (Lipinski definition) is 2. The summed E-state index contributed by atoms with van der Waals surface area (Å²) in [6.45, 7) is 1.70. The summed E-state index contributed by atoms with van der Waals surface area (Å²) in [5, 5.41) is 10.4. The zero-order valence-electron chi connectivity index (χ0n) is 21.2. The fraction of sp³-hybridized carbons (Fsp3) is 0.452. The van der Waals surface area contributed by atoms with Gasteiger partial charge in [0.25, 0.3) is 5.56 Å². The van der Waals surface area contributed by atoms with Crippen LogP contribution in [0.4, 0.5) is 5.82 Å². The van der Waals surface area contributed by atoms with E-state index < -0.39 is 0 Å². The molecule has 1 atom stereocenters. The molecule has 1 aromatic heterocycles. The quantitative estimate of drug-likeness (QED) is 0.505. The molecule has 0 amide bonds. The van der Waals surface area contributed by atoms with Crippen LogP contribution < -0.4 is 16.2 Å². The lowest BCUT2D eigenvalue weighted by molar-refractivity contribution is 0.186. The van der Waals surface area contributed by atoms with Crippen LogP contribution in [0.2, 0.25) is 0 Å². The minimum absolute atomic E-state index is 0.0173. The van der Waals surface area contributed by atoms with Crippen LogP contribution in [0.5, 0.6) is 5.75 Å². The molecule has 0 unspecified atom stereocenters. The molecule has 3 aromatic rings. The summed E-state index contributed by atoms with van der Waals surface area (Å²) in [5.41, 5.74) is 12.0. The number of phenolic OH excluding ortho intramolecular Hbond substituents is 1. The molecule has 0 radical (unpaired) electrons. The van der Waals surface area contributed by atoms with E-state index >= 15 is 0 Å². The summed E-state index contributed by atoms with van der Waals surface area (Å²) < 4.78 is 1.80. The van der Waals surface area contributed by atoms with Gasteiger partial charge in [0.05, 0.1) is 0 Å². The zero-order chi connectivity index (χ0) is 24.9. The zero-order valence-corrected chi connectivity index (χ0v) is 21.2. The molecule has 2 heterocycles. The van der Waals surface area contributed by atoms with Crippen LogP contribution in [0, 0.1) is 5.41 Å². The van der Waals surface area contributed by atoms with Gasteiger partial charge in [-0.2, -0.15) is 0 Å². The summed E-state index contributed by atoms with van der Waals surface area (Å²) in [4.78, 5) is 15.7. The van der Waals surface area contributed by atoms with Crippen LogP contribution in [0.3, 0.4) is 0 Å². The number of nitrogens with zero attached hydrogens (tertiary/aromatic N) is 2. The summed E-state index contributed by atoms with van der Waals surface area (Å²) in [7, 11) is 1.89. The van der Waals surface area contributed by atoms with Crippen molar-refractivity contribution in [2.45, 2.75) is 63.3 Å². The molecular formula is C31H37N3O2. The summed E-state index contributed by atoms with van der Waals surface area (Å²) in [5.74, 6) is 2.00. The summed E-state index contributed by atoms with van der Waals surface area (Å²) >= 11 is 0. The van der Waals surface area contributed by atoms with E-state index in [0.717, 1.165) is 60.4 Å². The molecule has 1 saturated heterocycles. The van der Waals surface area contributed by atoms with Crippen molar-refractivity contribution in [3.63, 3.8) is 0 Å². The van der Waals surface area contributed by atoms with E-state index in [0.29, 0.717) is 11.7 Å². The highest BCUT2D eigenvalue weighted by atomic mass is 16.3. The van der Waals surface area contributed by atoms with Crippen molar-refractivity contribution in [3.05, 3.63) is 81.6 Å². The molecule has 2 fully saturated rings. The van der Waals surface area contributed by atoms with Crippen molar-refractivity contribution in [2.75, 3.05) is 18.0 Å². The predicted molar refractivity (Wildman–Crippen MR) is 146 cm³/mol. The SMILES string of the molecule is Cn1c(N2CCC3(CC2)Cc2c(O)cccc2[C@H]3N)ccc(-c2ccc(C3CCCCC3)cc2)c1=O. The maximum absolute atomic E-state index is 13.4. The second-order valence-electron chi connectivity index (χ2n) is 11.3. The lowest BCUT2D eigenvalue weighted by Crippen LogP contribution is -2.45. The third-order valence-electron chi connectivity index (χ3n) is 9.37. The van der Waals surface area contributed by atoms with Crippen LogP contribution in [0.25, 0.3) is 11.1 Å². The fourth-order valence-corrected chi connectivity index (χ4v) is 7.07. The normalized spacial score (nSPS) is 21.6. The van der Waals surface area contributed by atoms with E-state index in [4.69, 9.17) is 5.73 Å². The minimum Gasteiger partial charge on any atom is -0.508 e. The van der Waals surface area contributed by atoms with Gasteiger partial charge in [0.1, 0.15) is 11.6 Å². The van der Waals surface area contributed by atoms with Crippen LogP contribution >= 0.6 is 0 Å². The maximum atomic E-state index is 13.4. The van der Waals surface area contributed by atoms with Crippen LogP contribution in [0.1, 0.15) is 73.6 Å². The Kier molecular flexibility index (Phi) is 5.91. The Morgan fingerprint density at radius 1 is 0.944 bits per heavy atom. The molecule has 3 N–H and O–H groups in total. The Morgan fingerprint density at radius 2 is 1.67 bits per heavy atom. The molecule has 2 aromatic carbocycles. The summed E-state index contributed by atoms with van der Waals surface area (Å²) in [6, 6.07) is 18.5. The number of pyridine rings is 1. The Hall–Kier alpha value is -3.05. The average molecular weight is 484 g/mol. The van der Waals surface area contributed by atoms with Crippen molar-refractivity contribution in [1.29, 1.82) is 0 Å². The fourth-order valence-electron chi connectivity index (χ4n) is 7.07. The first-order valence-electron chi connectivity index (χ1n) is 13.6. The van der Waals surface area contributed by atoms with Gasteiger partial charge in [0.2, 0.25) is 0 Å². The lowest BCUT2D eigenvalue weighted by atomic mass is 9.73. The molecule has 1 aliphatic heterocycles. The molecule has 6 rings (SSSR count). The van der Waals surface area contributed by atoms with E-state index in [1.165, 1.54) is 37.7 Å². The number of phenols is 1. The van der Waals surface area contributed by atoms with Gasteiger partial charge in [-0.3, -0.25) is 9.36 Å². The van der Waals surface area contributed by atoms with Crippen LogP contribution in [-0.4, -0.2) is 22.8 Å². The Bertz CT molecular complexity index is 1310. The van der Waals surface area contributed by atoms with E-state index in [1.807, 2.05) is 19.2 Å². The highest BCUT2D eigenvalue weighted by Crippen LogP contribution is 2.53. The van der Waals surface area contributed by atoms with Crippen molar-refractivity contribution in [3.8, 4) is 16.9 Å². The molecule has 1 saturated carbocycles. The standard InChI is InChI=1S/C31H37N3O2/c1-33-28(34-18-16-31(17-19-34)20-26-25(29(31)32)8-5-9-27(26)35)15-14-24(30(33)36)23-12-10-22(11-13-23)21-6-3-2-4-7-21/h5,8-15,21,29,35H,2-4,6-7,16-20,32H2,1H3/t29-/m1/s1. The van der Waals surface area contributed by atoms with Gasteiger partial charge in [0.15, 0.2) is 0 Å². The van der Waals surface area contributed by atoms with Gasteiger partial charge in [-0.1, -0.05) is 55.7 Å².